The molecule has 1 N–H and O–H groups in total. The van der Waals surface area contributed by atoms with Gasteiger partial charge in [-0.2, -0.15) is 0 Å². The molecule has 0 amide bonds. The Hall–Kier alpha value is -1.49. The van der Waals surface area contributed by atoms with Crippen LogP contribution in [0.5, 0.6) is 0 Å². The second-order valence-electron chi connectivity index (χ2n) is 10.2. The molecule has 2 aliphatic heterocycles. The molecule has 4 aliphatic rings. The first-order chi connectivity index (χ1) is 15.6. The first-order valence-electron chi connectivity index (χ1n) is 12.2. The van der Waals surface area contributed by atoms with Crippen molar-refractivity contribution in [1.82, 2.24) is 9.34 Å². The minimum atomic E-state index is -3.19. The molecule has 0 radical (unpaired) electrons. The third kappa shape index (κ3) is 3.99. The van der Waals surface area contributed by atoms with Crippen molar-refractivity contribution in [2.24, 2.45) is 11.8 Å². The van der Waals surface area contributed by atoms with Crippen LogP contribution >= 0.6 is 7.67 Å². The maximum absolute atomic E-state index is 14.7. The first kappa shape index (κ1) is 21.1. The molecule has 0 spiro atoms. The Kier molecular flexibility index (Phi) is 5.52. The van der Waals surface area contributed by atoms with Crippen LogP contribution in [0.25, 0.3) is 0 Å². The number of fused-ring (bicyclic) bond motifs is 2. The Morgan fingerprint density at radius 2 is 1.25 bits per heavy atom. The lowest BCUT2D eigenvalue weighted by atomic mass is 9.91. The number of benzene rings is 2. The maximum atomic E-state index is 14.7. The van der Waals surface area contributed by atoms with Crippen LogP contribution in [0, 0.1) is 11.8 Å². The summed E-state index contributed by atoms with van der Waals surface area (Å²) in [4.78, 5) is 0. The molecule has 2 saturated heterocycles. The Morgan fingerprint density at radius 3 is 1.75 bits per heavy atom. The predicted octanol–water partition coefficient (Wildman–Crippen LogP) is 4.51. The SMILES string of the molecule is O=P12OC(C(O)C(Cc3ccccc3)N1CC1CC1)C(Cc1ccccc1)N2CC1CC1. The number of hydrogen-bond acceptors (Lipinski definition) is 3. The average molecular weight is 453 g/mol. The third-order valence-corrected chi connectivity index (χ3v) is 10.4. The van der Waals surface area contributed by atoms with Crippen molar-refractivity contribution in [2.75, 3.05) is 13.1 Å². The fraction of sp³-hybridized carbons (Fsp3) is 0.538. The van der Waals surface area contributed by atoms with Gasteiger partial charge in [-0.25, -0.2) is 9.34 Å². The quantitative estimate of drug-likeness (QED) is 0.597. The van der Waals surface area contributed by atoms with Gasteiger partial charge in [-0.1, -0.05) is 60.7 Å². The van der Waals surface area contributed by atoms with Gasteiger partial charge in [-0.15, -0.1) is 0 Å². The molecule has 2 bridgehead atoms. The lowest BCUT2D eigenvalue weighted by Gasteiger charge is -2.43. The van der Waals surface area contributed by atoms with Crippen LogP contribution in [-0.2, 0) is 21.9 Å². The van der Waals surface area contributed by atoms with E-state index in [1.165, 1.54) is 36.8 Å². The maximum Gasteiger partial charge on any atom is 0.347 e. The third-order valence-electron chi connectivity index (χ3n) is 7.64. The van der Waals surface area contributed by atoms with Crippen molar-refractivity contribution in [1.29, 1.82) is 0 Å². The fourth-order valence-corrected chi connectivity index (χ4v) is 8.67. The summed E-state index contributed by atoms with van der Waals surface area (Å²) in [7, 11) is -3.19. The molecule has 32 heavy (non-hydrogen) atoms. The summed E-state index contributed by atoms with van der Waals surface area (Å²) in [5.74, 6) is 1.18. The van der Waals surface area contributed by atoms with Crippen molar-refractivity contribution in [3.8, 4) is 0 Å². The van der Waals surface area contributed by atoms with Crippen molar-refractivity contribution >= 4 is 7.67 Å². The molecular weight excluding hydrogens is 419 g/mol. The molecular formula is C26H33N2O3P. The largest absolute Gasteiger partial charge is 0.389 e. The van der Waals surface area contributed by atoms with E-state index in [1.54, 1.807) is 0 Å². The second kappa shape index (κ2) is 8.38. The van der Waals surface area contributed by atoms with Gasteiger partial charge in [0.25, 0.3) is 0 Å². The zero-order valence-electron chi connectivity index (χ0n) is 18.5. The van der Waals surface area contributed by atoms with Gasteiger partial charge < -0.3 is 5.11 Å². The molecule has 170 valence electrons. The zero-order chi connectivity index (χ0) is 21.7. The van der Waals surface area contributed by atoms with Crippen molar-refractivity contribution in [3.63, 3.8) is 0 Å². The van der Waals surface area contributed by atoms with Crippen LogP contribution in [0.15, 0.2) is 60.7 Å². The molecule has 2 aromatic carbocycles. The zero-order valence-corrected chi connectivity index (χ0v) is 19.4. The van der Waals surface area contributed by atoms with E-state index in [1.807, 2.05) is 24.3 Å². The lowest BCUT2D eigenvalue weighted by molar-refractivity contribution is -0.0368. The molecule has 5 atom stereocenters. The Balaban J connectivity index is 1.37. The van der Waals surface area contributed by atoms with Gasteiger partial charge in [-0.3, -0.25) is 9.09 Å². The lowest BCUT2D eigenvalue weighted by Crippen LogP contribution is -2.53. The standard InChI is InChI=1S/C26H33N2O3P/c29-25-23(15-19-7-3-1-4-8-19)27(17-21-11-12-21)32(30)28(18-22-13-14-22)24(26(25)31-32)16-20-9-5-2-6-10-20/h1-10,21-26,29H,11-18H2. The normalized spacial score (nSPS) is 35.3. The molecule has 0 aromatic heterocycles. The van der Waals surface area contributed by atoms with E-state index in [-0.39, 0.29) is 12.1 Å². The Labute approximate surface area is 190 Å². The predicted molar refractivity (Wildman–Crippen MR) is 125 cm³/mol. The van der Waals surface area contributed by atoms with E-state index in [0.29, 0.717) is 18.3 Å². The van der Waals surface area contributed by atoms with Gasteiger partial charge in [0.05, 0.1) is 18.2 Å². The van der Waals surface area contributed by atoms with Crippen molar-refractivity contribution < 1.29 is 14.2 Å². The Morgan fingerprint density at radius 1 is 0.781 bits per heavy atom. The van der Waals surface area contributed by atoms with E-state index >= 15 is 0 Å². The van der Waals surface area contributed by atoms with Gasteiger partial charge in [0, 0.05) is 13.1 Å². The number of hydrogen-bond donors (Lipinski definition) is 1. The van der Waals surface area contributed by atoms with Crippen LogP contribution in [0.1, 0.15) is 36.8 Å². The van der Waals surface area contributed by atoms with Gasteiger partial charge in [0.1, 0.15) is 6.10 Å². The molecule has 5 unspecified atom stereocenters. The highest BCUT2D eigenvalue weighted by atomic mass is 31.2. The van der Waals surface area contributed by atoms with Crippen molar-refractivity contribution in [2.45, 2.75) is 62.8 Å². The minimum Gasteiger partial charge on any atom is -0.389 e. The van der Waals surface area contributed by atoms with Crippen LogP contribution in [0.3, 0.4) is 0 Å². The number of aliphatic hydroxyl groups is 1. The van der Waals surface area contributed by atoms with E-state index in [9.17, 15) is 9.67 Å². The summed E-state index contributed by atoms with van der Waals surface area (Å²) < 4.78 is 25.4. The van der Waals surface area contributed by atoms with Crippen LogP contribution in [0.4, 0.5) is 0 Å². The summed E-state index contributed by atoms with van der Waals surface area (Å²) in [6, 6.07) is 20.5. The second-order valence-corrected chi connectivity index (χ2v) is 12.4. The minimum absolute atomic E-state index is 0.0543. The van der Waals surface area contributed by atoms with Crippen LogP contribution in [0.2, 0.25) is 0 Å². The highest BCUT2D eigenvalue weighted by molar-refractivity contribution is 7.54. The topological polar surface area (TPSA) is 53.0 Å². The number of nitrogens with zero attached hydrogens (tertiary/aromatic N) is 2. The van der Waals surface area contributed by atoms with Gasteiger partial charge in [-0.05, 0) is 61.5 Å². The molecule has 2 heterocycles. The fourth-order valence-electron chi connectivity index (χ4n) is 5.49. The smallest absolute Gasteiger partial charge is 0.347 e. The van der Waals surface area contributed by atoms with E-state index in [2.05, 4.69) is 45.7 Å². The van der Waals surface area contributed by atoms with E-state index < -0.39 is 19.9 Å². The number of rotatable bonds is 8. The van der Waals surface area contributed by atoms with Gasteiger partial charge >= 0.3 is 7.67 Å². The molecule has 6 rings (SSSR count). The van der Waals surface area contributed by atoms with E-state index in [0.717, 1.165) is 19.5 Å². The summed E-state index contributed by atoms with van der Waals surface area (Å²) in [5.41, 5.74) is 2.39. The highest BCUT2D eigenvalue weighted by Crippen LogP contribution is 2.68. The van der Waals surface area contributed by atoms with Crippen LogP contribution < -0.4 is 0 Å². The number of aliphatic hydroxyl groups excluding tert-OH is 1. The molecule has 4 fully saturated rings. The summed E-state index contributed by atoms with van der Waals surface area (Å²) >= 11 is 0. The van der Waals surface area contributed by atoms with Gasteiger partial charge in [0.15, 0.2) is 0 Å². The van der Waals surface area contributed by atoms with E-state index in [4.69, 9.17) is 4.52 Å². The molecule has 5 nitrogen and oxygen atoms in total. The first-order valence-corrected chi connectivity index (χ1v) is 13.7. The molecule has 2 saturated carbocycles. The molecule has 6 heteroatoms. The monoisotopic (exact) mass is 452 g/mol. The Bertz CT molecular complexity index is 940. The van der Waals surface area contributed by atoms with Crippen LogP contribution in [-0.4, -0.2) is 51.8 Å². The molecule has 2 aromatic rings. The summed E-state index contributed by atoms with van der Waals surface area (Å²) in [5, 5.41) is 11.6. The summed E-state index contributed by atoms with van der Waals surface area (Å²) in [6.07, 6.45) is 5.17. The van der Waals surface area contributed by atoms with Gasteiger partial charge in [0.2, 0.25) is 0 Å². The average Bonchev–Trinajstić information content (AvgIpc) is 3.73. The molecule has 2 aliphatic carbocycles. The highest BCUT2D eigenvalue weighted by Gasteiger charge is 2.63. The summed E-state index contributed by atoms with van der Waals surface area (Å²) in [6.45, 7) is 1.58. The van der Waals surface area contributed by atoms with Crippen molar-refractivity contribution in [3.05, 3.63) is 71.8 Å².